The summed E-state index contributed by atoms with van der Waals surface area (Å²) in [5, 5.41) is 8.09. The van der Waals surface area contributed by atoms with Crippen molar-refractivity contribution in [2.24, 2.45) is 5.73 Å². The summed E-state index contributed by atoms with van der Waals surface area (Å²) in [6.07, 6.45) is 1.67. The highest BCUT2D eigenvalue weighted by Gasteiger charge is 2.08. The molecule has 1 aromatic carbocycles. The Morgan fingerprint density at radius 3 is 2.94 bits per heavy atom. The predicted molar refractivity (Wildman–Crippen MR) is 62.3 cm³/mol. The van der Waals surface area contributed by atoms with Crippen LogP contribution in [-0.2, 0) is 6.54 Å². The Morgan fingerprint density at radius 2 is 2.06 bits per heavy atom. The number of aromatic nitrogens is 5. The Labute approximate surface area is 97.1 Å². The summed E-state index contributed by atoms with van der Waals surface area (Å²) in [7, 11) is 0. The third-order valence-corrected chi connectivity index (χ3v) is 2.45. The lowest BCUT2D eigenvalue weighted by molar-refractivity contribution is 0.762. The van der Waals surface area contributed by atoms with Crippen LogP contribution in [0.2, 0.25) is 0 Å². The number of rotatable bonds is 2. The van der Waals surface area contributed by atoms with Gasteiger partial charge in [0.2, 0.25) is 0 Å². The van der Waals surface area contributed by atoms with Gasteiger partial charge in [0, 0.05) is 12.7 Å². The largest absolute Gasteiger partial charge is 0.325 e. The van der Waals surface area contributed by atoms with Crippen LogP contribution >= 0.6 is 0 Å². The Bertz CT molecular complexity index is 660. The molecule has 0 bridgehead atoms. The Kier molecular flexibility index (Phi) is 2.27. The molecule has 3 rings (SSSR count). The first kappa shape index (κ1) is 9.86. The molecule has 0 unspecified atom stereocenters. The predicted octanol–water partition coefficient (Wildman–Crippen LogP) is 0.669. The zero-order chi connectivity index (χ0) is 11.7. The van der Waals surface area contributed by atoms with Crippen LogP contribution in [0.3, 0.4) is 0 Å². The Morgan fingerprint density at radius 1 is 1.18 bits per heavy atom. The minimum absolute atomic E-state index is 0.377. The number of hydrogen-bond donors (Lipinski definition) is 1. The molecule has 2 heterocycles. The molecule has 84 valence electrons. The molecular formula is C11H10N6. The van der Waals surface area contributed by atoms with Crippen LogP contribution < -0.4 is 5.73 Å². The van der Waals surface area contributed by atoms with E-state index in [1.165, 1.54) is 0 Å². The van der Waals surface area contributed by atoms with Crippen molar-refractivity contribution < 1.29 is 0 Å². The molecular weight excluding hydrogens is 216 g/mol. The minimum Gasteiger partial charge on any atom is -0.325 e. The van der Waals surface area contributed by atoms with E-state index in [1.54, 1.807) is 16.9 Å². The van der Waals surface area contributed by atoms with E-state index in [9.17, 15) is 0 Å². The maximum atomic E-state index is 5.55. The van der Waals surface area contributed by atoms with Crippen molar-refractivity contribution >= 4 is 11.0 Å². The number of benzene rings is 1. The zero-order valence-corrected chi connectivity index (χ0v) is 8.98. The maximum Gasteiger partial charge on any atom is 0.252 e. The first-order chi connectivity index (χ1) is 8.38. The van der Waals surface area contributed by atoms with Gasteiger partial charge in [-0.3, -0.25) is 0 Å². The molecule has 6 nitrogen and oxygen atoms in total. The van der Waals surface area contributed by atoms with Gasteiger partial charge in [0.25, 0.3) is 5.95 Å². The average molecular weight is 226 g/mol. The van der Waals surface area contributed by atoms with Gasteiger partial charge < -0.3 is 5.73 Å². The fraction of sp³-hybridized carbons (Fsp3) is 0.0909. The second kappa shape index (κ2) is 3.91. The van der Waals surface area contributed by atoms with Crippen molar-refractivity contribution in [1.29, 1.82) is 0 Å². The van der Waals surface area contributed by atoms with Gasteiger partial charge >= 0.3 is 0 Å². The van der Waals surface area contributed by atoms with Crippen molar-refractivity contribution in [2.45, 2.75) is 6.54 Å². The molecule has 0 saturated carbocycles. The monoisotopic (exact) mass is 226 g/mol. The lowest BCUT2D eigenvalue weighted by Crippen LogP contribution is -2.07. The maximum absolute atomic E-state index is 5.55. The van der Waals surface area contributed by atoms with Crippen molar-refractivity contribution in [3.63, 3.8) is 0 Å². The molecule has 0 radical (unpaired) electrons. The van der Waals surface area contributed by atoms with Gasteiger partial charge in [0.1, 0.15) is 5.52 Å². The summed E-state index contributed by atoms with van der Waals surface area (Å²) in [4.78, 5) is 8.48. The van der Waals surface area contributed by atoms with Gasteiger partial charge in [-0.05, 0) is 18.2 Å². The quantitative estimate of drug-likeness (QED) is 0.694. The van der Waals surface area contributed by atoms with E-state index >= 15 is 0 Å². The van der Waals surface area contributed by atoms with E-state index in [4.69, 9.17) is 5.73 Å². The van der Waals surface area contributed by atoms with E-state index in [1.807, 2.05) is 24.3 Å². The third kappa shape index (κ3) is 1.64. The molecule has 0 aliphatic carbocycles. The molecule has 6 heteroatoms. The fourth-order valence-electron chi connectivity index (χ4n) is 1.62. The summed E-state index contributed by atoms with van der Waals surface area (Å²) in [5.41, 5.74) is 8.01. The normalized spacial score (nSPS) is 10.9. The van der Waals surface area contributed by atoms with Crippen molar-refractivity contribution in [3.05, 3.63) is 42.2 Å². The van der Waals surface area contributed by atoms with E-state index in [0.29, 0.717) is 12.5 Å². The molecule has 0 spiro atoms. The van der Waals surface area contributed by atoms with Crippen LogP contribution in [0, 0.1) is 0 Å². The van der Waals surface area contributed by atoms with Crippen molar-refractivity contribution in [1.82, 2.24) is 25.0 Å². The highest BCUT2D eigenvalue weighted by Crippen LogP contribution is 2.12. The second-order valence-electron chi connectivity index (χ2n) is 3.54. The topological polar surface area (TPSA) is 82.5 Å². The van der Waals surface area contributed by atoms with Crippen LogP contribution in [0.5, 0.6) is 0 Å². The summed E-state index contributed by atoms with van der Waals surface area (Å²) < 4.78 is 1.61. The molecule has 0 atom stereocenters. The molecule has 0 aliphatic rings. The smallest absolute Gasteiger partial charge is 0.252 e. The van der Waals surface area contributed by atoms with Gasteiger partial charge in [0.15, 0.2) is 0 Å². The zero-order valence-electron chi connectivity index (χ0n) is 8.98. The molecule has 2 aromatic heterocycles. The van der Waals surface area contributed by atoms with Crippen LogP contribution in [0.25, 0.3) is 17.0 Å². The van der Waals surface area contributed by atoms with Gasteiger partial charge in [-0.1, -0.05) is 17.3 Å². The lowest BCUT2D eigenvalue weighted by Gasteiger charge is -2.01. The van der Waals surface area contributed by atoms with Gasteiger partial charge in [0.05, 0.1) is 11.2 Å². The number of nitrogens with zero attached hydrogens (tertiary/aromatic N) is 5. The second-order valence-corrected chi connectivity index (χ2v) is 3.54. The highest BCUT2D eigenvalue weighted by atomic mass is 15.5. The van der Waals surface area contributed by atoms with Crippen LogP contribution in [0.1, 0.15) is 5.69 Å². The van der Waals surface area contributed by atoms with E-state index in [2.05, 4.69) is 20.3 Å². The van der Waals surface area contributed by atoms with E-state index in [-0.39, 0.29) is 0 Å². The molecule has 0 saturated heterocycles. The standard InChI is InChI=1S/C11H10N6/c12-7-8-5-6-13-11(14-8)17-10-4-2-1-3-9(10)15-16-17/h1-6H,7,12H2. The first-order valence-electron chi connectivity index (χ1n) is 5.21. The number of hydrogen-bond acceptors (Lipinski definition) is 5. The number of para-hydroxylation sites is 1. The van der Waals surface area contributed by atoms with E-state index in [0.717, 1.165) is 16.7 Å². The van der Waals surface area contributed by atoms with Crippen molar-refractivity contribution in [2.75, 3.05) is 0 Å². The van der Waals surface area contributed by atoms with Crippen LogP contribution in [0.15, 0.2) is 36.5 Å². The molecule has 0 aliphatic heterocycles. The molecule has 0 amide bonds. The molecule has 17 heavy (non-hydrogen) atoms. The van der Waals surface area contributed by atoms with Crippen molar-refractivity contribution in [3.8, 4) is 5.95 Å². The summed E-state index contributed by atoms with van der Waals surface area (Å²) >= 11 is 0. The van der Waals surface area contributed by atoms with Crippen LogP contribution in [0.4, 0.5) is 0 Å². The fourth-order valence-corrected chi connectivity index (χ4v) is 1.62. The summed E-state index contributed by atoms with van der Waals surface area (Å²) in [6.45, 7) is 0.377. The summed E-state index contributed by atoms with van der Waals surface area (Å²) in [6, 6.07) is 9.44. The van der Waals surface area contributed by atoms with Crippen LogP contribution in [-0.4, -0.2) is 25.0 Å². The highest BCUT2D eigenvalue weighted by molar-refractivity contribution is 5.75. The number of nitrogens with two attached hydrogens (primary N) is 1. The Hall–Kier alpha value is -2.34. The minimum atomic E-state index is 0.377. The number of fused-ring (bicyclic) bond motifs is 1. The van der Waals surface area contributed by atoms with E-state index < -0.39 is 0 Å². The first-order valence-corrected chi connectivity index (χ1v) is 5.21. The SMILES string of the molecule is NCc1ccnc(-n2nnc3ccccc32)n1. The Balaban J connectivity index is 2.20. The third-order valence-electron chi connectivity index (χ3n) is 2.45. The summed E-state index contributed by atoms with van der Waals surface area (Å²) in [5.74, 6) is 0.488. The van der Waals surface area contributed by atoms with Gasteiger partial charge in [-0.25, -0.2) is 9.97 Å². The lowest BCUT2D eigenvalue weighted by atomic mass is 10.3. The van der Waals surface area contributed by atoms with Gasteiger partial charge in [-0.2, -0.15) is 4.68 Å². The molecule has 0 fully saturated rings. The molecule has 3 aromatic rings. The average Bonchev–Trinajstić information content (AvgIpc) is 2.82. The van der Waals surface area contributed by atoms with Gasteiger partial charge in [-0.15, -0.1) is 5.10 Å². The molecule has 2 N–H and O–H groups in total.